The van der Waals surface area contributed by atoms with Crippen LogP contribution in [0.3, 0.4) is 0 Å². The predicted octanol–water partition coefficient (Wildman–Crippen LogP) is 5.30. The Morgan fingerprint density at radius 3 is 2.61 bits per heavy atom. The van der Waals surface area contributed by atoms with Gasteiger partial charge >= 0.3 is 6.18 Å². The van der Waals surface area contributed by atoms with Crippen LogP contribution in [0.5, 0.6) is 0 Å². The number of aromatic nitrogens is 1. The molecule has 1 fully saturated rings. The summed E-state index contributed by atoms with van der Waals surface area (Å²) in [6, 6.07) is 11.1. The van der Waals surface area contributed by atoms with Crippen LogP contribution in [0.15, 0.2) is 42.6 Å². The van der Waals surface area contributed by atoms with Gasteiger partial charge in [-0.1, -0.05) is 43.9 Å². The molecule has 2 heterocycles. The number of hydrogen-bond donors (Lipinski definition) is 1. The molecule has 1 unspecified atom stereocenters. The van der Waals surface area contributed by atoms with Crippen molar-refractivity contribution in [1.29, 1.82) is 0 Å². The van der Waals surface area contributed by atoms with Gasteiger partial charge in [0.2, 0.25) is 5.91 Å². The molecular formula is C25H31F3N4O. The maximum absolute atomic E-state index is 13.0. The van der Waals surface area contributed by atoms with E-state index in [2.05, 4.69) is 9.88 Å². The molecular weight excluding hydrogens is 429 g/mol. The molecule has 2 N–H and O–H groups in total. The van der Waals surface area contributed by atoms with Crippen LogP contribution in [0.4, 0.5) is 24.5 Å². The van der Waals surface area contributed by atoms with Crippen LogP contribution in [0.1, 0.15) is 56.2 Å². The third kappa shape index (κ3) is 6.18. The zero-order chi connectivity index (χ0) is 23.4. The Morgan fingerprint density at radius 1 is 1.12 bits per heavy atom. The van der Waals surface area contributed by atoms with Crippen LogP contribution in [0.2, 0.25) is 0 Å². The van der Waals surface area contributed by atoms with Crippen molar-refractivity contribution in [1.82, 2.24) is 9.88 Å². The van der Waals surface area contributed by atoms with E-state index in [1.807, 2.05) is 30.3 Å². The summed E-state index contributed by atoms with van der Waals surface area (Å²) in [5.41, 5.74) is 9.18. The van der Waals surface area contributed by atoms with Crippen LogP contribution >= 0.6 is 0 Å². The highest BCUT2D eigenvalue weighted by Crippen LogP contribution is 2.35. The van der Waals surface area contributed by atoms with Crippen molar-refractivity contribution < 1.29 is 18.0 Å². The third-order valence-electron chi connectivity index (χ3n) is 6.79. The van der Waals surface area contributed by atoms with E-state index < -0.39 is 18.5 Å². The highest BCUT2D eigenvalue weighted by Gasteiger charge is 2.37. The van der Waals surface area contributed by atoms with Crippen LogP contribution in [0, 0.1) is 5.92 Å². The van der Waals surface area contributed by atoms with Gasteiger partial charge in [0.1, 0.15) is 6.42 Å². The zero-order valence-corrected chi connectivity index (χ0v) is 18.7. The summed E-state index contributed by atoms with van der Waals surface area (Å²) in [6.07, 6.45) is 2.44. The van der Waals surface area contributed by atoms with Gasteiger partial charge in [-0.15, -0.1) is 0 Å². The molecule has 1 saturated carbocycles. The smallest absolute Gasteiger partial charge is 0.397 e. The number of para-hydroxylation sites is 1. The molecule has 178 valence electrons. The molecule has 4 rings (SSSR count). The Kier molecular flexibility index (Phi) is 7.10. The molecule has 1 aromatic heterocycles. The van der Waals surface area contributed by atoms with Crippen LogP contribution < -0.4 is 10.6 Å². The van der Waals surface area contributed by atoms with Gasteiger partial charge in [-0.25, -0.2) is 0 Å². The van der Waals surface area contributed by atoms with Crippen molar-refractivity contribution in [2.45, 2.75) is 70.3 Å². The van der Waals surface area contributed by atoms with Crippen LogP contribution in [-0.4, -0.2) is 34.6 Å². The molecule has 2 aliphatic rings. The molecule has 1 amide bonds. The number of alkyl halides is 3. The van der Waals surface area contributed by atoms with E-state index >= 15 is 0 Å². The first-order valence-corrected chi connectivity index (χ1v) is 11.7. The molecule has 1 aromatic carbocycles. The van der Waals surface area contributed by atoms with Gasteiger partial charge in [0, 0.05) is 36.7 Å². The van der Waals surface area contributed by atoms with Crippen molar-refractivity contribution in [3.8, 4) is 0 Å². The number of nitrogens with zero attached hydrogens (tertiary/aromatic N) is 3. The lowest BCUT2D eigenvalue weighted by molar-refractivity contribution is -0.162. The standard InChI is InChI=1S/C25H31F3N4O/c26-25(27,28)14-24(33)31-15-19-7-3-4-8-23(19)32(16-21-13-20(29)11-12-30-21)22(17-31)10-9-18-5-1-2-6-18/h3-4,7-8,11-13,18,22H,1-2,5-6,9-10,14-17H2,(H2,29,30). The van der Waals surface area contributed by atoms with Gasteiger partial charge in [0.05, 0.1) is 12.2 Å². The second kappa shape index (κ2) is 10.0. The van der Waals surface area contributed by atoms with Gasteiger partial charge in [-0.3, -0.25) is 9.78 Å². The Bertz CT molecular complexity index is 959. The molecule has 0 radical (unpaired) electrons. The molecule has 1 atom stereocenters. The van der Waals surface area contributed by atoms with Crippen molar-refractivity contribution in [3.63, 3.8) is 0 Å². The van der Waals surface area contributed by atoms with Gasteiger partial charge in [0.25, 0.3) is 0 Å². The first kappa shape index (κ1) is 23.4. The second-order valence-electron chi connectivity index (χ2n) is 9.28. The topological polar surface area (TPSA) is 62.5 Å². The van der Waals surface area contributed by atoms with E-state index in [1.54, 1.807) is 12.3 Å². The summed E-state index contributed by atoms with van der Waals surface area (Å²) < 4.78 is 39.1. The molecule has 0 bridgehead atoms. The average Bonchev–Trinajstić information content (AvgIpc) is 3.22. The summed E-state index contributed by atoms with van der Waals surface area (Å²) in [4.78, 5) is 20.7. The summed E-state index contributed by atoms with van der Waals surface area (Å²) in [5.74, 6) is -0.220. The number of anilines is 2. The number of carbonyl (C=O) groups is 1. The number of nitrogens with two attached hydrogens (primary N) is 1. The average molecular weight is 461 g/mol. The molecule has 33 heavy (non-hydrogen) atoms. The van der Waals surface area contributed by atoms with Gasteiger partial charge in [-0.05, 0) is 42.5 Å². The van der Waals surface area contributed by atoms with Crippen molar-refractivity contribution in [3.05, 3.63) is 53.9 Å². The maximum Gasteiger partial charge on any atom is 0.397 e. The highest BCUT2D eigenvalue weighted by molar-refractivity contribution is 5.77. The van der Waals surface area contributed by atoms with E-state index in [9.17, 15) is 18.0 Å². The Hall–Kier alpha value is -2.77. The largest absolute Gasteiger partial charge is 0.399 e. The quantitative estimate of drug-likeness (QED) is 0.635. The fourth-order valence-corrected chi connectivity index (χ4v) is 5.16. The number of benzene rings is 1. The Balaban J connectivity index is 1.65. The lowest BCUT2D eigenvalue weighted by Gasteiger charge is -2.35. The minimum absolute atomic E-state index is 0.102. The number of fused-ring (bicyclic) bond motifs is 1. The number of hydrogen-bond acceptors (Lipinski definition) is 4. The van der Waals surface area contributed by atoms with Crippen LogP contribution in [-0.2, 0) is 17.9 Å². The van der Waals surface area contributed by atoms with Gasteiger partial charge in [-0.2, -0.15) is 13.2 Å². The van der Waals surface area contributed by atoms with E-state index in [1.165, 1.54) is 30.6 Å². The number of carbonyl (C=O) groups excluding carboxylic acids is 1. The molecule has 0 saturated heterocycles. The molecule has 1 aliphatic carbocycles. The number of pyridine rings is 1. The minimum Gasteiger partial charge on any atom is -0.399 e. The molecule has 8 heteroatoms. The SMILES string of the molecule is Nc1ccnc(CN2c3ccccc3CN(C(=O)CC(F)(F)F)CC2CCC2CCCC2)c1. The molecule has 5 nitrogen and oxygen atoms in total. The van der Waals surface area contributed by atoms with E-state index in [0.29, 0.717) is 18.2 Å². The molecule has 1 aliphatic heterocycles. The lowest BCUT2D eigenvalue weighted by atomic mass is 9.97. The van der Waals surface area contributed by atoms with Gasteiger partial charge in [0.15, 0.2) is 0 Å². The van der Waals surface area contributed by atoms with Gasteiger partial charge < -0.3 is 15.5 Å². The summed E-state index contributed by atoms with van der Waals surface area (Å²) in [6.45, 7) is 0.920. The van der Waals surface area contributed by atoms with Crippen molar-refractivity contribution in [2.24, 2.45) is 5.92 Å². The van der Waals surface area contributed by atoms with Crippen molar-refractivity contribution >= 4 is 17.3 Å². The number of nitrogen functional groups attached to an aromatic ring is 1. The monoisotopic (exact) mass is 460 g/mol. The molecule has 2 aromatic rings. The maximum atomic E-state index is 13.0. The highest BCUT2D eigenvalue weighted by atomic mass is 19.4. The zero-order valence-electron chi connectivity index (χ0n) is 18.7. The van der Waals surface area contributed by atoms with Crippen molar-refractivity contribution in [2.75, 3.05) is 17.2 Å². The molecule has 0 spiro atoms. The summed E-state index contributed by atoms with van der Waals surface area (Å²) in [5, 5.41) is 0. The Morgan fingerprint density at radius 2 is 1.88 bits per heavy atom. The second-order valence-corrected chi connectivity index (χ2v) is 9.28. The first-order chi connectivity index (χ1) is 15.8. The number of halogens is 3. The van der Waals surface area contributed by atoms with E-state index in [-0.39, 0.29) is 19.1 Å². The Labute approximate surface area is 192 Å². The normalized spacial score (nSPS) is 19.4. The number of rotatable bonds is 6. The lowest BCUT2D eigenvalue weighted by Crippen LogP contribution is -2.44. The summed E-state index contributed by atoms with van der Waals surface area (Å²) >= 11 is 0. The van der Waals surface area contributed by atoms with E-state index in [4.69, 9.17) is 5.73 Å². The minimum atomic E-state index is -4.52. The first-order valence-electron chi connectivity index (χ1n) is 11.7. The predicted molar refractivity (Wildman–Crippen MR) is 122 cm³/mol. The fourth-order valence-electron chi connectivity index (χ4n) is 5.16. The third-order valence-corrected chi connectivity index (χ3v) is 6.79. The van der Waals surface area contributed by atoms with E-state index in [0.717, 1.165) is 29.8 Å². The summed E-state index contributed by atoms with van der Waals surface area (Å²) in [7, 11) is 0. The van der Waals surface area contributed by atoms with Crippen LogP contribution in [0.25, 0.3) is 0 Å². The number of amides is 1. The fraction of sp³-hybridized carbons (Fsp3) is 0.520.